The lowest BCUT2D eigenvalue weighted by Gasteiger charge is -1.97. The molecule has 0 aliphatic rings. The summed E-state index contributed by atoms with van der Waals surface area (Å²) in [6.07, 6.45) is 2.23. The Balaban J connectivity index is 2.11. The van der Waals surface area contributed by atoms with Crippen LogP contribution in [-0.2, 0) is 6.42 Å². The van der Waals surface area contributed by atoms with Crippen molar-refractivity contribution in [2.45, 2.75) is 20.3 Å². The zero-order valence-electron chi connectivity index (χ0n) is 9.07. The molecule has 2 aromatic rings. The van der Waals surface area contributed by atoms with Crippen molar-refractivity contribution in [3.63, 3.8) is 0 Å². The van der Waals surface area contributed by atoms with E-state index >= 15 is 0 Å². The maximum atomic E-state index is 11.7. The van der Waals surface area contributed by atoms with Crippen molar-refractivity contribution in [3.8, 4) is 0 Å². The minimum atomic E-state index is -0.270. The summed E-state index contributed by atoms with van der Waals surface area (Å²) in [6, 6.07) is 1.79. The summed E-state index contributed by atoms with van der Waals surface area (Å²) in [5.74, 6) is 0.721. The molecule has 6 heteroatoms. The molecule has 2 rings (SSSR count). The first-order valence-corrected chi connectivity index (χ1v) is 4.97. The summed E-state index contributed by atoms with van der Waals surface area (Å²) >= 11 is 0. The zero-order valence-corrected chi connectivity index (χ0v) is 9.07. The Morgan fingerprint density at radius 3 is 3.00 bits per heavy atom. The lowest BCUT2D eigenvalue weighted by atomic mass is 10.2. The van der Waals surface area contributed by atoms with Crippen molar-refractivity contribution in [3.05, 3.63) is 29.3 Å². The molecule has 0 unspecified atom stereocenters. The van der Waals surface area contributed by atoms with E-state index in [0.29, 0.717) is 17.1 Å². The number of amides is 1. The van der Waals surface area contributed by atoms with E-state index in [1.54, 1.807) is 13.0 Å². The Hall–Kier alpha value is -2.11. The first kappa shape index (κ1) is 10.4. The van der Waals surface area contributed by atoms with Crippen molar-refractivity contribution in [1.82, 2.24) is 15.4 Å². The van der Waals surface area contributed by atoms with Gasteiger partial charge in [0, 0.05) is 11.8 Å². The van der Waals surface area contributed by atoms with Gasteiger partial charge in [-0.1, -0.05) is 12.1 Å². The van der Waals surface area contributed by atoms with E-state index in [1.165, 1.54) is 6.20 Å². The van der Waals surface area contributed by atoms with Crippen LogP contribution in [0, 0.1) is 6.92 Å². The number of aryl methyl sites for hydroxylation is 2. The average molecular weight is 220 g/mol. The maximum absolute atomic E-state index is 11.7. The Bertz CT molecular complexity index is 500. The van der Waals surface area contributed by atoms with Crippen molar-refractivity contribution in [2.75, 3.05) is 5.32 Å². The minimum absolute atomic E-state index is 0.270. The number of aromatic amines is 1. The van der Waals surface area contributed by atoms with E-state index in [-0.39, 0.29) is 5.91 Å². The van der Waals surface area contributed by atoms with Gasteiger partial charge in [-0.2, -0.15) is 5.10 Å². The molecule has 0 atom stereocenters. The molecule has 1 amide bonds. The highest BCUT2D eigenvalue weighted by atomic mass is 16.5. The van der Waals surface area contributed by atoms with Gasteiger partial charge in [-0.3, -0.25) is 9.89 Å². The van der Waals surface area contributed by atoms with Gasteiger partial charge in [-0.15, -0.1) is 0 Å². The van der Waals surface area contributed by atoms with Gasteiger partial charge in [0.05, 0.1) is 6.20 Å². The van der Waals surface area contributed by atoms with Crippen molar-refractivity contribution < 1.29 is 9.32 Å². The fourth-order valence-corrected chi connectivity index (χ4v) is 1.31. The quantitative estimate of drug-likeness (QED) is 0.821. The lowest BCUT2D eigenvalue weighted by Crippen LogP contribution is -2.12. The van der Waals surface area contributed by atoms with E-state index in [1.807, 2.05) is 6.92 Å². The molecule has 0 aromatic carbocycles. The van der Waals surface area contributed by atoms with E-state index in [9.17, 15) is 4.79 Å². The standard InChI is InChI=1S/C10H12N4O2/c1-3-7-4-9(14-13-7)12-10(15)8-5-11-16-6(8)2/h4-5H,3H2,1-2H3,(H2,12,13,14,15). The van der Waals surface area contributed by atoms with Crippen LogP contribution in [0.15, 0.2) is 16.8 Å². The first-order valence-electron chi connectivity index (χ1n) is 4.97. The van der Waals surface area contributed by atoms with Gasteiger partial charge in [-0.25, -0.2) is 0 Å². The third kappa shape index (κ3) is 1.95. The lowest BCUT2D eigenvalue weighted by molar-refractivity contribution is 0.102. The highest BCUT2D eigenvalue weighted by molar-refractivity contribution is 6.04. The molecule has 0 saturated heterocycles. The molecule has 2 heterocycles. The minimum Gasteiger partial charge on any atom is -0.361 e. The average Bonchev–Trinajstić information content (AvgIpc) is 2.86. The van der Waals surface area contributed by atoms with Crippen LogP contribution in [0.25, 0.3) is 0 Å². The monoisotopic (exact) mass is 220 g/mol. The number of nitrogens with one attached hydrogen (secondary N) is 2. The largest absolute Gasteiger partial charge is 0.361 e. The molecule has 0 bridgehead atoms. The summed E-state index contributed by atoms with van der Waals surface area (Å²) < 4.78 is 4.81. The SMILES string of the molecule is CCc1cc(NC(=O)c2cnoc2C)n[nH]1. The van der Waals surface area contributed by atoms with Gasteiger partial charge in [0.15, 0.2) is 5.82 Å². The molecule has 0 aliphatic carbocycles. The molecule has 0 saturated carbocycles. The van der Waals surface area contributed by atoms with E-state index < -0.39 is 0 Å². The number of hydrogen-bond donors (Lipinski definition) is 2. The molecule has 0 radical (unpaired) electrons. The second kappa shape index (κ2) is 4.18. The van der Waals surface area contributed by atoms with Crippen LogP contribution < -0.4 is 5.32 Å². The number of H-pyrrole nitrogens is 1. The second-order valence-electron chi connectivity index (χ2n) is 3.38. The van der Waals surface area contributed by atoms with Gasteiger partial charge in [0.25, 0.3) is 5.91 Å². The number of nitrogens with zero attached hydrogens (tertiary/aromatic N) is 2. The van der Waals surface area contributed by atoms with E-state index in [4.69, 9.17) is 4.52 Å². The molecule has 0 aliphatic heterocycles. The topological polar surface area (TPSA) is 83.8 Å². The summed E-state index contributed by atoms with van der Waals surface area (Å²) in [7, 11) is 0. The maximum Gasteiger partial charge on any atom is 0.262 e. The van der Waals surface area contributed by atoms with Gasteiger partial charge in [0.2, 0.25) is 0 Å². The Morgan fingerprint density at radius 1 is 1.62 bits per heavy atom. The number of carbonyl (C=O) groups is 1. The molecular formula is C10H12N4O2. The number of anilines is 1. The number of rotatable bonds is 3. The van der Waals surface area contributed by atoms with Gasteiger partial charge < -0.3 is 9.84 Å². The van der Waals surface area contributed by atoms with Crippen LogP contribution in [0.1, 0.15) is 28.7 Å². The summed E-state index contributed by atoms with van der Waals surface area (Å²) in [6.45, 7) is 3.69. The molecule has 2 aromatic heterocycles. The summed E-state index contributed by atoms with van der Waals surface area (Å²) in [4.78, 5) is 11.7. The van der Waals surface area contributed by atoms with E-state index in [0.717, 1.165) is 12.1 Å². The van der Waals surface area contributed by atoms with Gasteiger partial charge in [-0.05, 0) is 13.3 Å². The van der Waals surface area contributed by atoms with Gasteiger partial charge in [0.1, 0.15) is 11.3 Å². The van der Waals surface area contributed by atoms with Crippen LogP contribution in [0.5, 0.6) is 0 Å². The molecule has 6 nitrogen and oxygen atoms in total. The zero-order chi connectivity index (χ0) is 11.5. The third-order valence-electron chi connectivity index (χ3n) is 2.25. The normalized spacial score (nSPS) is 10.4. The van der Waals surface area contributed by atoms with E-state index in [2.05, 4.69) is 20.7 Å². The smallest absolute Gasteiger partial charge is 0.262 e. The summed E-state index contributed by atoms with van der Waals surface area (Å²) in [5, 5.41) is 13.0. The van der Waals surface area contributed by atoms with Crippen molar-refractivity contribution in [1.29, 1.82) is 0 Å². The van der Waals surface area contributed by atoms with Gasteiger partial charge >= 0.3 is 0 Å². The molecular weight excluding hydrogens is 208 g/mol. The fourth-order valence-electron chi connectivity index (χ4n) is 1.31. The predicted octanol–water partition coefficient (Wildman–Crippen LogP) is 1.52. The molecule has 16 heavy (non-hydrogen) atoms. The van der Waals surface area contributed by atoms with Crippen LogP contribution >= 0.6 is 0 Å². The van der Waals surface area contributed by atoms with Crippen LogP contribution in [0.2, 0.25) is 0 Å². The van der Waals surface area contributed by atoms with Crippen LogP contribution in [0.3, 0.4) is 0 Å². The molecule has 84 valence electrons. The predicted molar refractivity (Wildman–Crippen MR) is 57.2 cm³/mol. The highest BCUT2D eigenvalue weighted by Crippen LogP contribution is 2.10. The Kier molecular flexibility index (Phi) is 2.72. The van der Waals surface area contributed by atoms with Crippen LogP contribution in [0.4, 0.5) is 5.82 Å². The molecule has 2 N–H and O–H groups in total. The number of hydrogen-bond acceptors (Lipinski definition) is 4. The van der Waals surface area contributed by atoms with Crippen molar-refractivity contribution in [2.24, 2.45) is 0 Å². The third-order valence-corrected chi connectivity index (χ3v) is 2.25. The van der Waals surface area contributed by atoms with Crippen LogP contribution in [-0.4, -0.2) is 21.3 Å². The first-order chi connectivity index (χ1) is 7.70. The number of aromatic nitrogens is 3. The van der Waals surface area contributed by atoms with Crippen molar-refractivity contribution >= 4 is 11.7 Å². The molecule has 0 fully saturated rings. The second-order valence-corrected chi connectivity index (χ2v) is 3.38. The summed E-state index contributed by atoms with van der Waals surface area (Å²) in [5.41, 5.74) is 1.39. The highest BCUT2D eigenvalue weighted by Gasteiger charge is 2.13. The number of carbonyl (C=O) groups excluding carboxylic acids is 1. The Labute approximate surface area is 92.0 Å². The fraction of sp³-hybridized carbons (Fsp3) is 0.300. The Morgan fingerprint density at radius 2 is 2.44 bits per heavy atom. The molecule has 0 spiro atoms.